The van der Waals surface area contributed by atoms with Crippen LogP contribution in [0.2, 0.25) is 0 Å². The molecule has 0 radical (unpaired) electrons. The third kappa shape index (κ3) is 4.93. The maximum Gasteiger partial charge on any atom is 0.251 e. The van der Waals surface area contributed by atoms with Crippen LogP contribution < -0.4 is 5.32 Å². The van der Waals surface area contributed by atoms with Gasteiger partial charge >= 0.3 is 0 Å². The average molecular weight is 375 g/mol. The van der Waals surface area contributed by atoms with Gasteiger partial charge < -0.3 is 5.32 Å². The molecule has 26 heavy (non-hydrogen) atoms. The van der Waals surface area contributed by atoms with Gasteiger partial charge in [-0.2, -0.15) is 4.31 Å². The molecule has 0 fully saturated rings. The Kier molecular flexibility index (Phi) is 6.21. The quantitative estimate of drug-likeness (QED) is 0.807. The predicted octanol–water partition coefficient (Wildman–Crippen LogP) is 3.43. The van der Waals surface area contributed by atoms with Crippen molar-refractivity contribution in [1.29, 1.82) is 0 Å². The van der Waals surface area contributed by atoms with Gasteiger partial charge in [-0.25, -0.2) is 8.42 Å². The van der Waals surface area contributed by atoms with Crippen LogP contribution in [0.3, 0.4) is 0 Å². The molecule has 0 unspecified atom stereocenters. The molecule has 0 aliphatic heterocycles. The fraction of sp³-hybridized carbons (Fsp3) is 0.350. The van der Waals surface area contributed by atoms with E-state index in [0.29, 0.717) is 5.56 Å². The fourth-order valence-electron chi connectivity index (χ4n) is 2.34. The van der Waals surface area contributed by atoms with Gasteiger partial charge in [-0.15, -0.1) is 0 Å². The van der Waals surface area contributed by atoms with Gasteiger partial charge in [-0.3, -0.25) is 4.79 Å². The highest BCUT2D eigenvalue weighted by Crippen LogP contribution is 2.17. The zero-order valence-corrected chi connectivity index (χ0v) is 16.5. The topological polar surface area (TPSA) is 66.5 Å². The minimum atomic E-state index is -3.54. The minimum absolute atomic E-state index is 0.131. The number of nitrogens with zero attached hydrogens (tertiary/aromatic N) is 1. The van der Waals surface area contributed by atoms with Gasteiger partial charge in [-0.1, -0.05) is 37.3 Å². The number of hydrogen-bond donors (Lipinski definition) is 1. The molecule has 0 aliphatic carbocycles. The van der Waals surface area contributed by atoms with E-state index < -0.39 is 10.0 Å². The van der Waals surface area contributed by atoms with Gasteiger partial charge in [-0.05, 0) is 50.1 Å². The van der Waals surface area contributed by atoms with Gasteiger partial charge in [0.2, 0.25) is 10.0 Å². The van der Waals surface area contributed by atoms with Crippen molar-refractivity contribution >= 4 is 15.9 Å². The molecule has 0 bridgehead atoms. The van der Waals surface area contributed by atoms with Gasteiger partial charge in [0.25, 0.3) is 5.91 Å². The second-order valence-corrected chi connectivity index (χ2v) is 9.01. The van der Waals surface area contributed by atoms with Crippen LogP contribution in [-0.4, -0.2) is 31.2 Å². The summed E-state index contributed by atoms with van der Waals surface area (Å²) >= 11 is 0. The molecule has 0 aromatic heterocycles. The number of benzene rings is 2. The summed E-state index contributed by atoms with van der Waals surface area (Å²) in [6, 6.07) is 15.3. The van der Waals surface area contributed by atoms with E-state index in [9.17, 15) is 13.2 Å². The second kappa shape index (κ2) is 8.01. The van der Waals surface area contributed by atoms with Crippen LogP contribution in [0.5, 0.6) is 0 Å². The summed E-state index contributed by atoms with van der Waals surface area (Å²) in [5.74, 6) is -0.131. The molecule has 2 aromatic carbocycles. The Morgan fingerprint density at radius 2 is 1.62 bits per heavy atom. The summed E-state index contributed by atoms with van der Waals surface area (Å²) in [6.07, 6.45) is 0.832. The smallest absolute Gasteiger partial charge is 0.251 e. The summed E-state index contributed by atoms with van der Waals surface area (Å²) in [6.45, 7) is 6.21. The van der Waals surface area contributed by atoms with Crippen LogP contribution in [0, 0.1) is 0 Å². The lowest BCUT2D eigenvalue weighted by Gasteiger charge is -2.24. The Hall–Kier alpha value is -2.18. The molecule has 0 spiro atoms. The first-order valence-electron chi connectivity index (χ1n) is 8.58. The van der Waals surface area contributed by atoms with E-state index in [4.69, 9.17) is 0 Å². The Morgan fingerprint density at radius 3 is 2.15 bits per heavy atom. The molecule has 2 aromatic rings. The Labute approximate surface area is 156 Å². The molecule has 140 valence electrons. The summed E-state index contributed by atoms with van der Waals surface area (Å²) in [4.78, 5) is 12.5. The first-order valence-corrected chi connectivity index (χ1v) is 10.0. The first-order chi connectivity index (χ1) is 12.2. The number of amides is 1. The maximum absolute atomic E-state index is 12.6. The van der Waals surface area contributed by atoms with E-state index >= 15 is 0 Å². The molecule has 1 amide bonds. The fourth-order valence-corrected chi connectivity index (χ4v) is 3.52. The monoisotopic (exact) mass is 374 g/mol. The highest BCUT2D eigenvalue weighted by atomic mass is 32.2. The second-order valence-electron chi connectivity index (χ2n) is 6.96. The molecule has 0 heterocycles. The van der Waals surface area contributed by atoms with E-state index in [-0.39, 0.29) is 22.9 Å². The minimum Gasteiger partial charge on any atom is -0.347 e. The molecule has 0 saturated carbocycles. The molecule has 0 saturated heterocycles. The summed E-state index contributed by atoms with van der Waals surface area (Å²) < 4.78 is 26.4. The molecule has 0 atom stereocenters. The largest absolute Gasteiger partial charge is 0.347 e. The van der Waals surface area contributed by atoms with Crippen molar-refractivity contribution < 1.29 is 13.2 Å². The standard InChI is InChI=1S/C20H26N2O3S/c1-5-20(2,3)21-19(23)17-13-11-16(12-14-17)15-22(4)26(24,25)18-9-7-6-8-10-18/h6-14H,5,15H2,1-4H3,(H,21,23). The van der Waals surface area contributed by atoms with Crippen molar-refractivity contribution in [3.63, 3.8) is 0 Å². The van der Waals surface area contributed by atoms with Crippen LogP contribution in [-0.2, 0) is 16.6 Å². The molecule has 1 N–H and O–H groups in total. The third-order valence-corrected chi connectivity index (χ3v) is 6.23. The van der Waals surface area contributed by atoms with Crippen LogP contribution in [0.1, 0.15) is 43.1 Å². The lowest BCUT2D eigenvalue weighted by atomic mass is 10.0. The van der Waals surface area contributed by atoms with Crippen molar-refractivity contribution in [2.45, 2.75) is 44.2 Å². The molecule has 2 rings (SSSR count). The van der Waals surface area contributed by atoms with Crippen molar-refractivity contribution in [2.75, 3.05) is 7.05 Å². The molecule has 6 heteroatoms. The van der Waals surface area contributed by atoms with E-state index in [1.807, 2.05) is 20.8 Å². The van der Waals surface area contributed by atoms with Gasteiger partial charge in [0.1, 0.15) is 0 Å². The van der Waals surface area contributed by atoms with E-state index in [1.54, 1.807) is 61.6 Å². The van der Waals surface area contributed by atoms with Gasteiger partial charge in [0.05, 0.1) is 4.90 Å². The normalized spacial score (nSPS) is 12.2. The van der Waals surface area contributed by atoms with Crippen LogP contribution in [0.15, 0.2) is 59.5 Å². The highest BCUT2D eigenvalue weighted by molar-refractivity contribution is 7.89. The summed E-state index contributed by atoms with van der Waals surface area (Å²) in [5, 5.41) is 2.98. The van der Waals surface area contributed by atoms with E-state index in [1.165, 1.54) is 4.31 Å². The van der Waals surface area contributed by atoms with Crippen molar-refractivity contribution in [1.82, 2.24) is 9.62 Å². The Bertz CT molecular complexity index is 844. The zero-order valence-electron chi connectivity index (χ0n) is 15.7. The van der Waals surface area contributed by atoms with Crippen molar-refractivity contribution in [3.8, 4) is 0 Å². The number of sulfonamides is 1. The van der Waals surface area contributed by atoms with Gasteiger partial charge in [0.15, 0.2) is 0 Å². The zero-order chi connectivity index (χ0) is 19.4. The SMILES string of the molecule is CCC(C)(C)NC(=O)c1ccc(CN(C)S(=O)(=O)c2ccccc2)cc1. The third-order valence-electron chi connectivity index (χ3n) is 4.41. The summed E-state index contributed by atoms with van der Waals surface area (Å²) in [5.41, 5.74) is 1.11. The lowest BCUT2D eigenvalue weighted by molar-refractivity contribution is 0.0911. The Morgan fingerprint density at radius 1 is 1.04 bits per heavy atom. The van der Waals surface area contributed by atoms with Crippen LogP contribution in [0.4, 0.5) is 0 Å². The number of rotatable bonds is 7. The average Bonchev–Trinajstić information content (AvgIpc) is 2.62. The highest BCUT2D eigenvalue weighted by Gasteiger charge is 2.21. The predicted molar refractivity (Wildman–Crippen MR) is 103 cm³/mol. The van der Waals surface area contributed by atoms with Crippen LogP contribution >= 0.6 is 0 Å². The molecular weight excluding hydrogens is 348 g/mol. The maximum atomic E-state index is 12.6. The number of carbonyl (C=O) groups is 1. The van der Waals surface area contributed by atoms with Gasteiger partial charge in [0, 0.05) is 24.7 Å². The lowest BCUT2D eigenvalue weighted by Crippen LogP contribution is -2.42. The molecular formula is C20H26N2O3S. The van der Waals surface area contributed by atoms with E-state index in [0.717, 1.165) is 12.0 Å². The van der Waals surface area contributed by atoms with E-state index in [2.05, 4.69) is 5.32 Å². The summed E-state index contributed by atoms with van der Waals surface area (Å²) in [7, 11) is -1.99. The Balaban J connectivity index is 2.08. The first kappa shape index (κ1) is 20.1. The van der Waals surface area contributed by atoms with Crippen LogP contribution in [0.25, 0.3) is 0 Å². The molecule has 0 aliphatic rings. The number of nitrogens with one attached hydrogen (secondary N) is 1. The number of hydrogen-bond acceptors (Lipinski definition) is 3. The van der Waals surface area contributed by atoms with Crippen molar-refractivity contribution in [2.24, 2.45) is 0 Å². The van der Waals surface area contributed by atoms with Crippen molar-refractivity contribution in [3.05, 3.63) is 65.7 Å². The number of carbonyl (C=O) groups excluding carboxylic acids is 1. The molecule has 5 nitrogen and oxygen atoms in total.